The van der Waals surface area contributed by atoms with Crippen LogP contribution in [0.15, 0.2) is 0 Å². The molecular weight excluding hydrogens is 418 g/mol. The van der Waals surface area contributed by atoms with Crippen molar-refractivity contribution in [2.24, 2.45) is 0 Å². The van der Waals surface area contributed by atoms with Crippen molar-refractivity contribution >= 4 is 31.0 Å². The minimum absolute atomic E-state index is 0.306. The minimum atomic E-state index is -5.21. The van der Waals surface area contributed by atoms with Gasteiger partial charge in [-0.1, -0.05) is 24.6 Å². The topological polar surface area (TPSA) is 88.1 Å². The number of alkyl halides is 3. The second-order valence-electron chi connectivity index (χ2n) is 6.99. The van der Waals surface area contributed by atoms with Gasteiger partial charge < -0.3 is 5.11 Å². The van der Waals surface area contributed by atoms with Gasteiger partial charge in [0.05, 0.1) is 0 Å². The van der Waals surface area contributed by atoms with Gasteiger partial charge in [0.2, 0.25) is 0 Å². The number of carbonyl (C=O) groups is 2. The van der Waals surface area contributed by atoms with Crippen LogP contribution in [0.5, 0.6) is 0 Å². The Morgan fingerprint density at radius 3 is 1.71 bits per heavy atom. The number of rotatable bonds is 8. The fourth-order valence-electron chi connectivity index (χ4n) is 3.40. The third kappa shape index (κ3) is 6.36. The number of aliphatic carboxylic acids is 1. The Hall–Kier alpha value is -0.780. The highest BCUT2D eigenvalue weighted by molar-refractivity contribution is 7.97. The van der Waals surface area contributed by atoms with E-state index in [1.807, 2.05) is 0 Å². The van der Waals surface area contributed by atoms with Crippen molar-refractivity contribution in [2.75, 3.05) is 32.7 Å². The predicted molar refractivity (Wildman–Crippen MR) is 102 cm³/mol. The molecule has 1 unspecified atom stereocenters. The van der Waals surface area contributed by atoms with Crippen LogP contribution in [0.25, 0.3) is 0 Å². The number of amides is 1. The summed E-state index contributed by atoms with van der Waals surface area (Å²) in [6, 6.07) is 0. The summed E-state index contributed by atoms with van der Waals surface area (Å²) in [5.41, 5.74) is 4.18. The highest BCUT2D eigenvalue weighted by atomic mass is 32.4. The zero-order chi connectivity index (χ0) is 20.8. The number of carboxylic acids is 1. The van der Waals surface area contributed by atoms with E-state index in [4.69, 9.17) is 11.8 Å². The number of piperidine rings is 2. The van der Waals surface area contributed by atoms with Crippen LogP contribution in [-0.2, 0) is 21.4 Å². The Bertz CT molecular complexity index is 552. The summed E-state index contributed by atoms with van der Waals surface area (Å²) in [6.07, 6.45) is 0.212. The molecule has 0 aromatic rings. The number of nitrogens with one attached hydrogen (secondary N) is 2. The molecule has 1 atom stereocenters. The Morgan fingerprint density at radius 1 is 0.964 bits per heavy atom. The van der Waals surface area contributed by atoms with Crippen LogP contribution in [0.2, 0.25) is 0 Å². The van der Waals surface area contributed by atoms with Gasteiger partial charge in [0.15, 0.2) is 5.53 Å². The molecule has 28 heavy (non-hydrogen) atoms. The Morgan fingerprint density at radius 2 is 1.39 bits per heavy atom. The molecule has 2 heterocycles. The average molecular weight is 445 g/mol. The smallest absolute Gasteiger partial charge is 0.471 e. The summed E-state index contributed by atoms with van der Waals surface area (Å²) >= 11 is 5.24. The SMILES string of the molecule is O=C(O)CN(C(=O)C(F)(F)F)C(NN1CCCCC1)(NN1CCCCC1)[PH2]=S. The number of carboxylic acid groups (broad SMARTS) is 1. The van der Waals surface area contributed by atoms with Gasteiger partial charge in [-0.15, -0.1) is 0 Å². The maximum absolute atomic E-state index is 13.3. The minimum Gasteiger partial charge on any atom is -0.480 e. The van der Waals surface area contributed by atoms with Crippen molar-refractivity contribution < 1.29 is 27.9 Å². The van der Waals surface area contributed by atoms with Gasteiger partial charge in [-0.25, -0.2) is 20.9 Å². The van der Waals surface area contributed by atoms with E-state index in [-0.39, 0.29) is 0 Å². The van der Waals surface area contributed by atoms with E-state index in [0.717, 1.165) is 38.5 Å². The Labute approximate surface area is 168 Å². The van der Waals surface area contributed by atoms with E-state index >= 15 is 0 Å². The standard InChI is InChI=1S/C15H27F3N5O3PS/c16-14(17,18)13(26)23(11-12(24)25)15(27-28,19-21-7-3-1-4-8-21)20-22-9-5-2-6-10-22/h19-20H,1-11,27H2,(H,24,25). The number of hydrogen-bond donors (Lipinski definition) is 3. The van der Waals surface area contributed by atoms with E-state index in [1.165, 1.54) is 0 Å². The molecule has 0 aliphatic carbocycles. The molecule has 162 valence electrons. The van der Waals surface area contributed by atoms with Crippen molar-refractivity contribution in [3.8, 4) is 0 Å². The van der Waals surface area contributed by atoms with E-state index < -0.39 is 37.5 Å². The largest absolute Gasteiger partial charge is 0.480 e. The normalized spacial score (nSPS) is 20.5. The third-order valence-corrected chi connectivity index (χ3v) is 6.68. The number of carbonyl (C=O) groups excluding carboxylic acids is 1. The molecule has 13 heteroatoms. The summed E-state index contributed by atoms with van der Waals surface area (Å²) in [5.74, 6) is -3.76. The van der Waals surface area contributed by atoms with Crippen LogP contribution >= 0.6 is 7.36 Å². The summed E-state index contributed by atoms with van der Waals surface area (Å²) in [6.45, 7) is 1.22. The number of nitrogens with zero attached hydrogens (tertiary/aromatic N) is 3. The highest BCUT2D eigenvalue weighted by Crippen LogP contribution is 2.30. The molecule has 0 aromatic carbocycles. The molecular formula is C15H27F3N5O3PS. The molecule has 0 spiro atoms. The maximum Gasteiger partial charge on any atom is 0.471 e. The highest BCUT2D eigenvalue weighted by Gasteiger charge is 2.51. The molecule has 1 amide bonds. The van der Waals surface area contributed by atoms with Crippen molar-refractivity contribution in [3.63, 3.8) is 0 Å². The van der Waals surface area contributed by atoms with E-state index in [1.54, 1.807) is 10.0 Å². The average Bonchev–Trinajstić information content (AvgIpc) is 2.66. The van der Waals surface area contributed by atoms with Crippen LogP contribution in [0.3, 0.4) is 0 Å². The molecule has 0 radical (unpaired) electrons. The molecule has 2 saturated heterocycles. The fourth-order valence-corrected chi connectivity index (χ4v) is 4.90. The molecule has 2 aliphatic rings. The van der Waals surface area contributed by atoms with Gasteiger partial charge in [0.1, 0.15) is 6.54 Å². The lowest BCUT2D eigenvalue weighted by Gasteiger charge is -2.48. The summed E-state index contributed by atoms with van der Waals surface area (Å²) in [4.78, 5) is 23.8. The van der Waals surface area contributed by atoms with Crippen molar-refractivity contribution in [2.45, 2.75) is 50.2 Å². The van der Waals surface area contributed by atoms with Crippen LogP contribution in [0.1, 0.15) is 38.5 Å². The first-order valence-electron chi connectivity index (χ1n) is 9.30. The van der Waals surface area contributed by atoms with Gasteiger partial charge in [0, 0.05) is 26.2 Å². The van der Waals surface area contributed by atoms with Crippen LogP contribution in [0.4, 0.5) is 13.2 Å². The van der Waals surface area contributed by atoms with Gasteiger partial charge in [-0.3, -0.25) is 14.5 Å². The lowest BCUT2D eigenvalue weighted by atomic mass is 10.2. The van der Waals surface area contributed by atoms with E-state index in [0.29, 0.717) is 31.1 Å². The zero-order valence-corrected chi connectivity index (χ0v) is 17.5. The molecule has 2 fully saturated rings. The summed E-state index contributed by atoms with van der Waals surface area (Å²) in [7, 11) is -1.25. The lowest BCUT2D eigenvalue weighted by Crippen LogP contribution is -2.74. The Kier molecular flexibility index (Phi) is 8.65. The Balaban J connectivity index is 2.38. The number of hydrogen-bond acceptors (Lipinski definition) is 7. The number of hydrazine groups is 2. The monoisotopic (exact) mass is 445 g/mol. The summed E-state index contributed by atoms with van der Waals surface area (Å²) < 4.78 is 39.8. The third-order valence-electron chi connectivity index (χ3n) is 4.75. The molecule has 0 bridgehead atoms. The molecule has 0 aromatic heterocycles. The van der Waals surface area contributed by atoms with Gasteiger partial charge in [-0.2, -0.15) is 13.2 Å². The quantitative estimate of drug-likeness (QED) is 0.376. The number of halogens is 3. The van der Waals surface area contributed by atoms with Crippen molar-refractivity contribution in [1.29, 1.82) is 0 Å². The molecule has 2 aliphatic heterocycles. The first kappa shape index (κ1) is 23.5. The first-order valence-corrected chi connectivity index (χ1v) is 11.8. The van der Waals surface area contributed by atoms with Crippen molar-refractivity contribution in [1.82, 2.24) is 25.8 Å². The maximum atomic E-state index is 13.3. The van der Waals surface area contributed by atoms with Gasteiger partial charge >= 0.3 is 18.1 Å². The van der Waals surface area contributed by atoms with Crippen molar-refractivity contribution in [3.05, 3.63) is 0 Å². The molecule has 0 saturated carbocycles. The molecule has 8 nitrogen and oxygen atoms in total. The predicted octanol–water partition coefficient (Wildman–Crippen LogP) is 0.927. The van der Waals surface area contributed by atoms with E-state index in [2.05, 4.69) is 10.9 Å². The zero-order valence-electron chi connectivity index (χ0n) is 15.5. The van der Waals surface area contributed by atoms with Crippen LogP contribution < -0.4 is 10.9 Å². The van der Waals surface area contributed by atoms with Gasteiger partial charge in [-0.05, 0) is 33.0 Å². The lowest BCUT2D eigenvalue weighted by molar-refractivity contribution is -0.196. The molecule has 2 rings (SSSR count). The second-order valence-corrected chi connectivity index (χ2v) is 8.76. The van der Waals surface area contributed by atoms with Crippen LogP contribution in [-0.4, -0.2) is 76.3 Å². The van der Waals surface area contributed by atoms with Crippen LogP contribution in [0, 0.1) is 0 Å². The fraction of sp³-hybridized carbons (Fsp3) is 0.867. The van der Waals surface area contributed by atoms with E-state index in [9.17, 15) is 27.9 Å². The second kappa shape index (κ2) is 10.3. The first-order chi connectivity index (χ1) is 13.2. The summed E-state index contributed by atoms with van der Waals surface area (Å²) in [5, 5.41) is 12.7. The molecule has 3 N–H and O–H groups in total. The van der Waals surface area contributed by atoms with Gasteiger partial charge in [0.25, 0.3) is 0 Å².